The Bertz CT molecular complexity index is 1130. The second kappa shape index (κ2) is 9.15. The van der Waals surface area contributed by atoms with Gasteiger partial charge in [0.1, 0.15) is 22.7 Å². The maximum atomic E-state index is 13.1. The van der Waals surface area contributed by atoms with Crippen molar-refractivity contribution in [2.75, 3.05) is 37.0 Å². The average Bonchev–Trinajstić information content (AvgIpc) is 2.78. The molecule has 1 amide bonds. The second-order valence-electron chi connectivity index (χ2n) is 7.02. The highest BCUT2D eigenvalue weighted by atomic mass is 32.2. The molecule has 3 aromatic rings. The zero-order chi connectivity index (χ0) is 22.7. The van der Waals surface area contributed by atoms with Gasteiger partial charge in [0.15, 0.2) is 0 Å². The lowest BCUT2D eigenvalue weighted by Gasteiger charge is -2.26. The first-order valence-electron chi connectivity index (χ1n) is 9.82. The number of halogens is 3. The van der Waals surface area contributed by atoms with Crippen LogP contribution in [0.5, 0.6) is 11.5 Å². The Morgan fingerprint density at radius 3 is 2.59 bits per heavy atom. The number of ether oxygens (including phenoxy) is 2. The van der Waals surface area contributed by atoms with Gasteiger partial charge in [0.25, 0.3) is 5.91 Å². The van der Waals surface area contributed by atoms with E-state index >= 15 is 0 Å². The summed E-state index contributed by atoms with van der Waals surface area (Å²) in [6, 6.07) is 12.4. The third kappa shape index (κ3) is 5.01. The number of hydrogen-bond donors (Lipinski definition) is 1. The molecule has 6 nitrogen and oxygen atoms in total. The highest BCUT2D eigenvalue weighted by molar-refractivity contribution is 7.99. The fourth-order valence-electron chi connectivity index (χ4n) is 3.45. The zero-order valence-corrected chi connectivity index (χ0v) is 17.9. The first-order chi connectivity index (χ1) is 15.3. The summed E-state index contributed by atoms with van der Waals surface area (Å²) in [7, 11) is 1.51. The number of benzene rings is 2. The van der Waals surface area contributed by atoms with Crippen LogP contribution in [0.4, 0.5) is 24.5 Å². The minimum Gasteiger partial charge on any atom is -0.494 e. The van der Waals surface area contributed by atoms with Crippen LogP contribution >= 0.6 is 11.8 Å². The molecule has 10 heteroatoms. The van der Waals surface area contributed by atoms with Crippen molar-refractivity contribution in [3.8, 4) is 11.5 Å². The van der Waals surface area contributed by atoms with Gasteiger partial charge in [0.2, 0.25) is 0 Å². The summed E-state index contributed by atoms with van der Waals surface area (Å²) < 4.78 is 47.2. The number of para-hydroxylation sites is 1. The number of methoxy groups -OCH3 is 1. The molecule has 1 fully saturated rings. The zero-order valence-electron chi connectivity index (χ0n) is 17.1. The van der Waals surface area contributed by atoms with Gasteiger partial charge in [-0.05, 0) is 24.3 Å². The Kier molecular flexibility index (Phi) is 6.31. The third-order valence-electron chi connectivity index (χ3n) is 4.89. The molecule has 1 aromatic heterocycles. The summed E-state index contributed by atoms with van der Waals surface area (Å²) in [5, 5.41) is 3.77. The van der Waals surface area contributed by atoms with Crippen molar-refractivity contribution in [3.63, 3.8) is 0 Å². The van der Waals surface area contributed by atoms with Crippen molar-refractivity contribution >= 4 is 39.9 Å². The summed E-state index contributed by atoms with van der Waals surface area (Å²) >= 11 is 1.79. The monoisotopic (exact) mass is 463 g/mol. The topological polar surface area (TPSA) is 63.7 Å². The van der Waals surface area contributed by atoms with Gasteiger partial charge in [-0.25, -0.2) is 4.98 Å². The number of aromatic nitrogens is 1. The lowest BCUT2D eigenvalue weighted by molar-refractivity contribution is -0.274. The number of alkyl halides is 3. The minimum absolute atomic E-state index is 0.199. The smallest absolute Gasteiger partial charge is 0.494 e. The van der Waals surface area contributed by atoms with Crippen LogP contribution in [0.15, 0.2) is 48.5 Å². The van der Waals surface area contributed by atoms with Crippen LogP contribution < -0.4 is 14.8 Å². The summed E-state index contributed by atoms with van der Waals surface area (Å²) in [6.45, 7) is 1.27. The fourth-order valence-corrected chi connectivity index (χ4v) is 4.36. The Morgan fingerprint density at radius 2 is 1.88 bits per heavy atom. The van der Waals surface area contributed by atoms with Crippen molar-refractivity contribution in [1.29, 1.82) is 0 Å². The maximum Gasteiger partial charge on any atom is 0.573 e. The van der Waals surface area contributed by atoms with Crippen molar-refractivity contribution in [2.45, 2.75) is 6.36 Å². The summed E-state index contributed by atoms with van der Waals surface area (Å²) in [5.41, 5.74) is 1.61. The molecule has 4 rings (SSSR count). The second-order valence-corrected chi connectivity index (χ2v) is 8.24. The van der Waals surface area contributed by atoms with E-state index in [0.717, 1.165) is 11.5 Å². The third-order valence-corrected chi connectivity index (χ3v) is 5.83. The number of carbonyl (C=O) groups is 1. The van der Waals surface area contributed by atoms with Gasteiger partial charge < -0.3 is 19.7 Å². The van der Waals surface area contributed by atoms with Crippen LogP contribution in [-0.4, -0.2) is 53.9 Å². The number of thioether (sulfide) groups is 1. The highest BCUT2D eigenvalue weighted by Crippen LogP contribution is 2.33. The van der Waals surface area contributed by atoms with E-state index < -0.39 is 6.36 Å². The number of rotatable bonds is 5. The molecule has 32 heavy (non-hydrogen) atoms. The van der Waals surface area contributed by atoms with Gasteiger partial charge in [-0.2, -0.15) is 11.8 Å². The number of fused-ring (bicyclic) bond motifs is 1. The predicted molar refractivity (Wildman–Crippen MR) is 118 cm³/mol. The first-order valence-corrected chi connectivity index (χ1v) is 11.0. The molecular formula is C22H20F3N3O3S. The SMILES string of the molecule is COc1cccc2c(Nc3cccc(OC(F)(F)F)c3)cc(C(=O)N3CCSCC3)nc12. The van der Waals surface area contributed by atoms with Crippen molar-refractivity contribution < 1.29 is 27.4 Å². The number of anilines is 2. The van der Waals surface area contributed by atoms with Gasteiger partial charge in [-0.1, -0.05) is 18.2 Å². The number of pyridine rings is 1. The van der Waals surface area contributed by atoms with Crippen LogP contribution in [0.1, 0.15) is 10.5 Å². The molecule has 0 unspecified atom stereocenters. The van der Waals surface area contributed by atoms with E-state index in [2.05, 4.69) is 15.0 Å². The molecule has 0 spiro atoms. The van der Waals surface area contributed by atoms with E-state index in [4.69, 9.17) is 4.74 Å². The van der Waals surface area contributed by atoms with Crippen LogP contribution in [-0.2, 0) is 0 Å². The molecule has 2 heterocycles. The number of hydrogen-bond acceptors (Lipinski definition) is 6. The fraction of sp³-hybridized carbons (Fsp3) is 0.273. The standard InChI is InChI=1S/C22H20F3N3O3S/c1-30-19-7-3-6-16-17(26-14-4-2-5-15(12-14)31-22(23,24)25)13-18(27-20(16)19)21(29)28-8-10-32-11-9-28/h2-7,12-13H,8-11H2,1H3,(H,26,27). The van der Waals surface area contributed by atoms with Crippen LogP contribution in [0.3, 0.4) is 0 Å². The van der Waals surface area contributed by atoms with Gasteiger partial charge in [-0.3, -0.25) is 4.79 Å². The number of nitrogens with one attached hydrogen (secondary N) is 1. The van der Waals surface area contributed by atoms with E-state index in [9.17, 15) is 18.0 Å². The summed E-state index contributed by atoms with van der Waals surface area (Å²) in [6.07, 6.45) is -4.79. The molecular weight excluding hydrogens is 443 g/mol. The lowest BCUT2D eigenvalue weighted by Crippen LogP contribution is -2.38. The summed E-state index contributed by atoms with van der Waals surface area (Å²) in [4.78, 5) is 19.4. The molecule has 2 aromatic carbocycles. The molecule has 0 radical (unpaired) electrons. The quantitative estimate of drug-likeness (QED) is 0.570. The van der Waals surface area contributed by atoms with E-state index in [-0.39, 0.29) is 17.4 Å². The number of amides is 1. The molecule has 0 aliphatic carbocycles. The summed E-state index contributed by atoms with van der Waals surface area (Å²) in [5.74, 6) is 1.67. The Hall–Kier alpha value is -3.14. The highest BCUT2D eigenvalue weighted by Gasteiger charge is 2.31. The lowest BCUT2D eigenvalue weighted by atomic mass is 10.1. The molecule has 168 valence electrons. The van der Waals surface area contributed by atoms with Gasteiger partial charge in [-0.15, -0.1) is 13.2 Å². The van der Waals surface area contributed by atoms with Crippen LogP contribution in [0, 0.1) is 0 Å². The molecule has 0 atom stereocenters. The van der Waals surface area contributed by atoms with Gasteiger partial charge in [0, 0.05) is 41.7 Å². The van der Waals surface area contributed by atoms with Gasteiger partial charge >= 0.3 is 6.36 Å². The van der Waals surface area contributed by atoms with Gasteiger partial charge in [0.05, 0.1) is 12.8 Å². The van der Waals surface area contributed by atoms with Crippen molar-refractivity contribution in [3.05, 3.63) is 54.2 Å². The molecule has 0 bridgehead atoms. The average molecular weight is 463 g/mol. The van der Waals surface area contributed by atoms with E-state index in [1.54, 1.807) is 47.0 Å². The minimum atomic E-state index is -4.79. The van der Waals surface area contributed by atoms with Crippen molar-refractivity contribution in [2.24, 2.45) is 0 Å². The number of carbonyl (C=O) groups excluding carboxylic acids is 1. The van der Waals surface area contributed by atoms with E-state index in [1.165, 1.54) is 25.3 Å². The first kappa shape index (κ1) is 22.1. The molecule has 1 N–H and O–H groups in total. The molecule has 1 aliphatic rings. The maximum absolute atomic E-state index is 13.1. The van der Waals surface area contributed by atoms with Crippen molar-refractivity contribution in [1.82, 2.24) is 9.88 Å². The van der Waals surface area contributed by atoms with E-state index in [1.807, 2.05) is 0 Å². The van der Waals surface area contributed by atoms with E-state index in [0.29, 0.717) is 41.1 Å². The Balaban J connectivity index is 1.74. The molecule has 1 saturated heterocycles. The largest absolute Gasteiger partial charge is 0.573 e. The number of nitrogens with zero attached hydrogens (tertiary/aromatic N) is 2. The predicted octanol–water partition coefficient (Wildman–Crippen LogP) is 5.07. The molecule has 1 aliphatic heterocycles. The van der Waals surface area contributed by atoms with Crippen LogP contribution in [0.2, 0.25) is 0 Å². The Morgan fingerprint density at radius 1 is 1.12 bits per heavy atom. The van der Waals surface area contributed by atoms with Crippen LogP contribution in [0.25, 0.3) is 10.9 Å². The Labute approximate surface area is 186 Å². The molecule has 0 saturated carbocycles. The normalized spacial score (nSPS) is 14.3.